The standard InChI is InChI=1S/C19H38O6/c1-11(2)21-10-14(20)15-16(22-12(3)4)17(23-13(5)6)18(24-15)25-19(7,8)9/h11-18,20H,10H2,1-9H3/t14-,15-,16+,17+,18-/m1/s1. The van der Waals surface area contributed by atoms with Crippen molar-refractivity contribution in [3.63, 3.8) is 0 Å². The second-order valence-corrected chi connectivity index (χ2v) is 8.45. The first-order valence-electron chi connectivity index (χ1n) is 9.34. The van der Waals surface area contributed by atoms with E-state index < -0.39 is 36.3 Å². The molecule has 1 N–H and O–H groups in total. The zero-order valence-corrected chi connectivity index (χ0v) is 17.3. The third-order valence-electron chi connectivity index (χ3n) is 3.51. The van der Waals surface area contributed by atoms with E-state index >= 15 is 0 Å². The van der Waals surface area contributed by atoms with E-state index in [1.807, 2.05) is 62.3 Å². The molecule has 6 heteroatoms. The van der Waals surface area contributed by atoms with Crippen molar-refractivity contribution in [3.05, 3.63) is 0 Å². The summed E-state index contributed by atoms with van der Waals surface area (Å²) in [6.07, 6.45) is -2.85. The van der Waals surface area contributed by atoms with Crippen LogP contribution < -0.4 is 0 Å². The summed E-state index contributed by atoms with van der Waals surface area (Å²) in [6.45, 7) is 17.8. The normalized spacial score (nSPS) is 29.2. The Bertz CT molecular complexity index is 377. The Kier molecular flexibility index (Phi) is 8.78. The molecular formula is C19H38O6. The Morgan fingerprint density at radius 2 is 1.40 bits per heavy atom. The predicted molar refractivity (Wildman–Crippen MR) is 96.6 cm³/mol. The maximum Gasteiger partial charge on any atom is 0.187 e. The smallest absolute Gasteiger partial charge is 0.187 e. The van der Waals surface area contributed by atoms with E-state index in [4.69, 9.17) is 23.7 Å². The Labute approximate surface area is 153 Å². The van der Waals surface area contributed by atoms with Crippen molar-refractivity contribution in [2.24, 2.45) is 0 Å². The van der Waals surface area contributed by atoms with Gasteiger partial charge >= 0.3 is 0 Å². The van der Waals surface area contributed by atoms with Crippen LogP contribution in [0.3, 0.4) is 0 Å². The number of ether oxygens (including phenoxy) is 5. The SMILES string of the molecule is CC(C)OC[C@@H](O)[C@H]1O[C@H](OC(C)(C)C)[C@@H](OC(C)C)[C@H]1OC(C)C. The minimum atomic E-state index is -0.821. The fraction of sp³-hybridized carbons (Fsp3) is 1.00. The van der Waals surface area contributed by atoms with Crippen molar-refractivity contribution in [3.8, 4) is 0 Å². The molecular weight excluding hydrogens is 324 g/mol. The summed E-state index contributed by atoms with van der Waals surface area (Å²) in [5, 5.41) is 10.6. The van der Waals surface area contributed by atoms with E-state index in [9.17, 15) is 5.11 Å². The molecule has 0 amide bonds. The largest absolute Gasteiger partial charge is 0.388 e. The number of aliphatic hydroxyl groups is 1. The first kappa shape index (κ1) is 22.8. The Balaban J connectivity index is 2.99. The molecule has 0 bridgehead atoms. The van der Waals surface area contributed by atoms with Gasteiger partial charge in [-0.05, 0) is 62.3 Å². The number of hydrogen-bond donors (Lipinski definition) is 1. The lowest BCUT2D eigenvalue weighted by Gasteiger charge is -2.31. The third kappa shape index (κ3) is 7.89. The van der Waals surface area contributed by atoms with Crippen LogP contribution in [0.5, 0.6) is 0 Å². The molecule has 1 heterocycles. The molecule has 0 aromatic carbocycles. The van der Waals surface area contributed by atoms with Crippen molar-refractivity contribution >= 4 is 0 Å². The highest BCUT2D eigenvalue weighted by Gasteiger charge is 2.51. The van der Waals surface area contributed by atoms with E-state index in [2.05, 4.69) is 0 Å². The van der Waals surface area contributed by atoms with Gasteiger partial charge in [0.25, 0.3) is 0 Å². The van der Waals surface area contributed by atoms with E-state index in [1.165, 1.54) is 0 Å². The molecule has 0 aliphatic carbocycles. The molecule has 1 saturated heterocycles. The van der Waals surface area contributed by atoms with Gasteiger partial charge in [-0.15, -0.1) is 0 Å². The summed E-state index contributed by atoms with van der Waals surface area (Å²) in [5.41, 5.74) is -0.403. The van der Waals surface area contributed by atoms with Gasteiger partial charge in [-0.2, -0.15) is 0 Å². The summed E-state index contributed by atoms with van der Waals surface area (Å²) in [4.78, 5) is 0. The Morgan fingerprint density at radius 3 is 1.84 bits per heavy atom. The van der Waals surface area contributed by atoms with Gasteiger partial charge in [-0.3, -0.25) is 0 Å². The highest BCUT2D eigenvalue weighted by molar-refractivity contribution is 4.94. The minimum Gasteiger partial charge on any atom is -0.388 e. The van der Waals surface area contributed by atoms with Gasteiger partial charge in [0.1, 0.15) is 24.4 Å². The fourth-order valence-corrected chi connectivity index (χ4v) is 2.72. The van der Waals surface area contributed by atoms with Crippen LogP contribution in [0.4, 0.5) is 0 Å². The molecule has 0 aromatic rings. The van der Waals surface area contributed by atoms with Crippen molar-refractivity contribution in [2.45, 2.75) is 117 Å². The molecule has 1 aliphatic rings. The summed E-state index contributed by atoms with van der Waals surface area (Å²) >= 11 is 0. The van der Waals surface area contributed by atoms with E-state index in [0.717, 1.165) is 0 Å². The van der Waals surface area contributed by atoms with Crippen LogP contribution in [0.1, 0.15) is 62.3 Å². The number of aliphatic hydroxyl groups excluding tert-OH is 1. The second kappa shape index (κ2) is 9.62. The average molecular weight is 363 g/mol. The summed E-state index contributed by atoms with van der Waals surface area (Å²) in [6, 6.07) is 0. The van der Waals surface area contributed by atoms with Crippen molar-refractivity contribution in [1.82, 2.24) is 0 Å². The molecule has 1 aliphatic heterocycles. The fourth-order valence-electron chi connectivity index (χ4n) is 2.72. The van der Waals surface area contributed by atoms with Gasteiger partial charge in [0, 0.05) is 0 Å². The van der Waals surface area contributed by atoms with Crippen LogP contribution in [0.25, 0.3) is 0 Å². The van der Waals surface area contributed by atoms with Crippen LogP contribution in [-0.4, -0.2) is 66.3 Å². The first-order valence-corrected chi connectivity index (χ1v) is 9.34. The highest BCUT2D eigenvalue weighted by atomic mass is 16.7. The predicted octanol–water partition coefficient (Wildman–Crippen LogP) is 2.90. The van der Waals surface area contributed by atoms with Crippen molar-refractivity contribution < 1.29 is 28.8 Å². The second-order valence-electron chi connectivity index (χ2n) is 8.45. The van der Waals surface area contributed by atoms with Gasteiger partial charge in [-0.1, -0.05) is 0 Å². The van der Waals surface area contributed by atoms with Crippen LogP contribution >= 0.6 is 0 Å². The topological polar surface area (TPSA) is 66.4 Å². The van der Waals surface area contributed by atoms with Crippen LogP contribution in [-0.2, 0) is 23.7 Å². The lowest BCUT2D eigenvalue weighted by atomic mass is 10.0. The number of hydrogen-bond acceptors (Lipinski definition) is 6. The molecule has 25 heavy (non-hydrogen) atoms. The third-order valence-corrected chi connectivity index (χ3v) is 3.51. The summed E-state index contributed by atoms with van der Waals surface area (Å²) in [7, 11) is 0. The van der Waals surface area contributed by atoms with E-state index in [1.54, 1.807) is 0 Å². The summed E-state index contributed by atoms with van der Waals surface area (Å²) < 4.78 is 29.8. The van der Waals surface area contributed by atoms with Gasteiger partial charge < -0.3 is 28.8 Å². The maximum absolute atomic E-state index is 10.6. The Morgan fingerprint density at radius 1 is 0.880 bits per heavy atom. The first-order chi connectivity index (χ1) is 11.4. The van der Waals surface area contributed by atoms with Gasteiger partial charge in [0.05, 0.1) is 30.5 Å². The summed E-state index contributed by atoms with van der Waals surface area (Å²) in [5.74, 6) is 0. The molecule has 5 atom stereocenters. The van der Waals surface area contributed by atoms with Crippen LogP contribution in [0, 0.1) is 0 Å². The molecule has 1 rings (SSSR count). The van der Waals surface area contributed by atoms with Gasteiger partial charge in [0.15, 0.2) is 6.29 Å². The van der Waals surface area contributed by atoms with E-state index in [0.29, 0.717) is 0 Å². The maximum atomic E-state index is 10.6. The zero-order valence-electron chi connectivity index (χ0n) is 17.3. The number of rotatable bonds is 9. The zero-order chi connectivity index (χ0) is 19.4. The molecule has 0 aromatic heterocycles. The molecule has 1 fully saturated rings. The quantitative estimate of drug-likeness (QED) is 0.680. The lowest BCUT2D eigenvalue weighted by Crippen LogP contribution is -2.46. The highest BCUT2D eigenvalue weighted by Crippen LogP contribution is 2.33. The van der Waals surface area contributed by atoms with E-state index in [-0.39, 0.29) is 24.9 Å². The Hall–Kier alpha value is -0.240. The monoisotopic (exact) mass is 362 g/mol. The molecule has 0 unspecified atom stereocenters. The molecule has 0 radical (unpaired) electrons. The van der Waals surface area contributed by atoms with Gasteiger partial charge in [0.2, 0.25) is 0 Å². The molecule has 0 saturated carbocycles. The van der Waals surface area contributed by atoms with Gasteiger partial charge in [-0.25, -0.2) is 0 Å². The van der Waals surface area contributed by atoms with Crippen LogP contribution in [0.15, 0.2) is 0 Å². The van der Waals surface area contributed by atoms with Crippen molar-refractivity contribution in [2.75, 3.05) is 6.61 Å². The minimum absolute atomic E-state index is 0.0132. The lowest BCUT2D eigenvalue weighted by molar-refractivity contribution is -0.233. The molecule has 150 valence electrons. The van der Waals surface area contributed by atoms with Crippen molar-refractivity contribution in [1.29, 1.82) is 0 Å². The average Bonchev–Trinajstić information content (AvgIpc) is 2.71. The molecule has 0 spiro atoms. The van der Waals surface area contributed by atoms with Crippen LogP contribution in [0.2, 0.25) is 0 Å². The molecule has 6 nitrogen and oxygen atoms in total.